The Morgan fingerprint density at radius 1 is 1.35 bits per heavy atom. The van der Waals surface area contributed by atoms with Crippen molar-refractivity contribution in [3.63, 3.8) is 0 Å². The van der Waals surface area contributed by atoms with Crippen LogP contribution in [0.15, 0.2) is 34.6 Å². The maximum Gasteiger partial charge on any atom is 0.242 e. The number of hydrogen-bond acceptors (Lipinski definition) is 5. The van der Waals surface area contributed by atoms with Gasteiger partial charge in [-0.05, 0) is 42.0 Å². The number of carbonyl (C=O) groups is 1. The predicted molar refractivity (Wildman–Crippen MR) is 123 cm³/mol. The van der Waals surface area contributed by atoms with Crippen molar-refractivity contribution in [3.05, 3.63) is 51.2 Å². The number of aryl methyl sites for hydroxylation is 1. The van der Waals surface area contributed by atoms with Crippen molar-refractivity contribution in [1.82, 2.24) is 15.5 Å². The van der Waals surface area contributed by atoms with Gasteiger partial charge in [-0.15, -0.1) is 11.3 Å². The van der Waals surface area contributed by atoms with E-state index in [-0.39, 0.29) is 18.6 Å². The molecule has 31 heavy (non-hydrogen) atoms. The maximum atomic E-state index is 12.7. The van der Waals surface area contributed by atoms with Gasteiger partial charge in [0.05, 0.1) is 19.8 Å². The van der Waals surface area contributed by atoms with Crippen LogP contribution in [0.5, 0.6) is 5.75 Å². The molecule has 0 spiro atoms. The van der Waals surface area contributed by atoms with E-state index >= 15 is 0 Å². The molecule has 0 aliphatic carbocycles. The van der Waals surface area contributed by atoms with Gasteiger partial charge < -0.3 is 25.0 Å². The van der Waals surface area contributed by atoms with E-state index in [4.69, 9.17) is 9.47 Å². The van der Waals surface area contributed by atoms with Gasteiger partial charge in [0.2, 0.25) is 5.91 Å². The summed E-state index contributed by atoms with van der Waals surface area (Å²) in [6.45, 7) is 5.68. The molecule has 2 N–H and O–H groups in total. The Bertz CT molecular complexity index is 937. The summed E-state index contributed by atoms with van der Waals surface area (Å²) < 4.78 is 11.6. The van der Waals surface area contributed by atoms with Crippen LogP contribution in [-0.4, -0.2) is 56.2 Å². The second kappa shape index (κ2) is 10.2. The van der Waals surface area contributed by atoms with E-state index in [1.165, 1.54) is 10.4 Å². The molecule has 166 valence electrons. The molecule has 4 rings (SSSR count). The second-order valence-corrected chi connectivity index (χ2v) is 8.93. The summed E-state index contributed by atoms with van der Waals surface area (Å²) in [7, 11) is 1.71. The molecule has 1 unspecified atom stereocenters. The Labute approximate surface area is 187 Å². The third-order valence-electron chi connectivity index (χ3n) is 5.64. The van der Waals surface area contributed by atoms with Crippen LogP contribution in [0, 0.1) is 6.92 Å². The lowest BCUT2D eigenvalue weighted by Crippen LogP contribution is -2.45. The molecular weight excluding hydrogens is 412 g/mol. The zero-order valence-electron chi connectivity index (χ0n) is 18.1. The first-order valence-corrected chi connectivity index (χ1v) is 11.6. The predicted octanol–water partition coefficient (Wildman–Crippen LogP) is 2.47. The van der Waals surface area contributed by atoms with Gasteiger partial charge in [0.1, 0.15) is 11.9 Å². The third kappa shape index (κ3) is 5.57. The zero-order chi connectivity index (χ0) is 21.6. The molecule has 0 bridgehead atoms. The number of carbonyl (C=O) groups excluding carboxylic acids is 1. The average molecular weight is 443 g/mol. The van der Waals surface area contributed by atoms with Gasteiger partial charge in [0, 0.05) is 43.5 Å². The van der Waals surface area contributed by atoms with E-state index in [1.807, 2.05) is 4.90 Å². The van der Waals surface area contributed by atoms with Crippen LogP contribution < -0.4 is 15.4 Å². The monoisotopic (exact) mass is 442 g/mol. The summed E-state index contributed by atoms with van der Waals surface area (Å²) in [5.41, 5.74) is 3.47. The molecule has 1 saturated heterocycles. The standard InChI is InChI=1S/C23H30N4O3S/c1-16-3-4-17(20(11-16)30-19-6-9-29-15-19)12-25-23(24-2)26-13-22(28)27-8-5-21-18(14-27)7-10-31-21/h3-4,7,10-11,19H,5-6,8-9,12-15H2,1-2H3,(H2,24,25,26). The number of fused-ring (bicyclic) bond motifs is 1. The zero-order valence-corrected chi connectivity index (χ0v) is 19.0. The Morgan fingerprint density at radius 2 is 2.26 bits per heavy atom. The first kappa shape index (κ1) is 21.6. The fourth-order valence-corrected chi connectivity index (χ4v) is 4.72. The molecule has 1 aromatic carbocycles. The summed E-state index contributed by atoms with van der Waals surface area (Å²) in [6, 6.07) is 8.32. The van der Waals surface area contributed by atoms with E-state index in [0.717, 1.165) is 42.9 Å². The summed E-state index contributed by atoms with van der Waals surface area (Å²) in [5, 5.41) is 8.55. The van der Waals surface area contributed by atoms with Crippen LogP contribution in [0.2, 0.25) is 0 Å². The Morgan fingerprint density at radius 3 is 3.06 bits per heavy atom. The fraction of sp³-hybridized carbons (Fsp3) is 0.478. The van der Waals surface area contributed by atoms with Crippen LogP contribution in [0.1, 0.15) is 28.0 Å². The quantitative estimate of drug-likeness (QED) is 0.531. The second-order valence-electron chi connectivity index (χ2n) is 7.93. The van der Waals surface area contributed by atoms with E-state index in [9.17, 15) is 4.79 Å². The number of benzene rings is 1. The fourth-order valence-electron chi connectivity index (χ4n) is 3.83. The third-order valence-corrected chi connectivity index (χ3v) is 6.66. The topological polar surface area (TPSA) is 75.2 Å². The number of hydrogen-bond donors (Lipinski definition) is 2. The van der Waals surface area contributed by atoms with Crippen LogP contribution >= 0.6 is 11.3 Å². The molecule has 1 amide bonds. The molecule has 1 atom stereocenters. The van der Waals surface area contributed by atoms with E-state index < -0.39 is 0 Å². The Hall–Kier alpha value is -2.58. The van der Waals surface area contributed by atoms with Gasteiger partial charge in [-0.3, -0.25) is 9.79 Å². The smallest absolute Gasteiger partial charge is 0.242 e. The highest BCUT2D eigenvalue weighted by molar-refractivity contribution is 7.10. The van der Waals surface area contributed by atoms with Crippen LogP contribution in [0.25, 0.3) is 0 Å². The summed E-state index contributed by atoms with van der Waals surface area (Å²) in [4.78, 5) is 20.2. The van der Waals surface area contributed by atoms with Crippen LogP contribution in [0.4, 0.5) is 0 Å². The van der Waals surface area contributed by atoms with Gasteiger partial charge in [-0.2, -0.15) is 0 Å². The first-order valence-electron chi connectivity index (χ1n) is 10.7. The Kier molecular flexibility index (Phi) is 7.09. The highest BCUT2D eigenvalue weighted by atomic mass is 32.1. The minimum Gasteiger partial charge on any atom is -0.488 e. The number of thiophene rings is 1. The molecule has 3 heterocycles. The minimum atomic E-state index is 0.0837. The lowest BCUT2D eigenvalue weighted by molar-refractivity contribution is -0.130. The lowest BCUT2D eigenvalue weighted by atomic mass is 10.1. The van der Waals surface area contributed by atoms with Crippen LogP contribution in [0.3, 0.4) is 0 Å². The summed E-state index contributed by atoms with van der Waals surface area (Å²) in [5.74, 6) is 1.55. The van der Waals surface area contributed by atoms with Gasteiger partial charge in [0.15, 0.2) is 5.96 Å². The number of guanidine groups is 1. The summed E-state index contributed by atoms with van der Waals surface area (Å²) >= 11 is 1.78. The minimum absolute atomic E-state index is 0.0837. The van der Waals surface area contributed by atoms with Crippen LogP contribution in [-0.2, 0) is 29.0 Å². The van der Waals surface area contributed by atoms with Crippen molar-refractivity contribution in [2.75, 3.05) is 33.4 Å². The molecule has 8 heteroatoms. The van der Waals surface area contributed by atoms with E-state index in [2.05, 4.69) is 52.2 Å². The van der Waals surface area contributed by atoms with Gasteiger partial charge in [-0.25, -0.2) is 0 Å². The first-order chi connectivity index (χ1) is 15.1. The maximum absolute atomic E-state index is 12.7. The molecule has 2 aliphatic heterocycles. The SMILES string of the molecule is CN=C(NCC(=O)N1CCc2sccc2C1)NCc1ccc(C)cc1OC1CCOC1. The number of ether oxygens (including phenoxy) is 2. The molecule has 1 aromatic heterocycles. The van der Waals surface area contributed by atoms with E-state index in [1.54, 1.807) is 18.4 Å². The van der Waals surface area contributed by atoms with Crippen molar-refractivity contribution in [2.45, 2.75) is 39.0 Å². The lowest BCUT2D eigenvalue weighted by Gasteiger charge is -2.27. The van der Waals surface area contributed by atoms with Gasteiger partial charge in [-0.1, -0.05) is 12.1 Å². The number of nitrogens with zero attached hydrogens (tertiary/aromatic N) is 2. The van der Waals surface area contributed by atoms with E-state index in [0.29, 0.717) is 25.7 Å². The van der Waals surface area contributed by atoms with Gasteiger partial charge in [0.25, 0.3) is 0 Å². The number of aliphatic imine (C=N–C) groups is 1. The Balaban J connectivity index is 1.29. The van der Waals surface area contributed by atoms with Crippen molar-refractivity contribution < 1.29 is 14.3 Å². The molecule has 7 nitrogen and oxygen atoms in total. The van der Waals surface area contributed by atoms with Crippen molar-refractivity contribution in [1.29, 1.82) is 0 Å². The highest BCUT2D eigenvalue weighted by Gasteiger charge is 2.22. The number of rotatable bonds is 6. The normalized spacial score (nSPS) is 18.6. The van der Waals surface area contributed by atoms with Crippen molar-refractivity contribution >= 4 is 23.2 Å². The molecule has 0 radical (unpaired) electrons. The van der Waals surface area contributed by atoms with Gasteiger partial charge >= 0.3 is 0 Å². The van der Waals surface area contributed by atoms with Crippen molar-refractivity contribution in [3.8, 4) is 5.75 Å². The molecule has 0 saturated carbocycles. The highest BCUT2D eigenvalue weighted by Crippen LogP contribution is 2.25. The molecule has 2 aromatic rings. The molecule has 2 aliphatic rings. The average Bonchev–Trinajstić information content (AvgIpc) is 3.46. The largest absolute Gasteiger partial charge is 0.488 e. The molecular formula is C23H30N4O3S. The number of nitrogens with one attached hydrogen (secondary N) is 2. The molecule has 1 fully saturated rings. The van der Waals surface area contributed by atoms with Crippen molar-refractivity contribution in [2.24, 2.45) is 4.99 Å². The number of amides is 1. The summed E-state index contributed by atoms with van der Waals surface area (Å²) in [6.07, 6.45) is 1.95.